The Bertz CT molecular complexity index is 1190. The van der Waals surface area contributed by atoms with Crippen LogP contribution in [0, 0.1) is 12.7 Å². The summed E-state index contributed by atoms with van der Waals surface area (Å²) in [5.74, 6) is 2.96. The van der Waals surface area contributed by atoms with Crippen molar-refractivity contribution in [2.24, 2.45) is 0 Å². The lowest BCUT2D eigenvalue weighted by Gasteiger charge is -2.36. The summed E-state index contributed by atoms with van der Waals surface area (Å²) < 4.78 is 20.7. The number of nitrogens with one attached hydrogen (secondary N) is 2. The second-order valence-electron chi connectivity index (χ2n) is 9.03. The molecule has 0 saturated carbocycles. The lowest BCUT2D eigenvalue weighted by atomic mass is 10.3. The van der Waals surface area contributed by atoms with Gasteiger partial charge in [-0.05, 0) is 56.7 Å². The van der Waals surface area contributed by atoms with Crippen molar-refractivity contribution >= 4 is 41.0 Å². The Kier molecular flexibility index (Phi) is 28.2. The molecule has 47 heavy (non-hydrogen) atoms. The van der Waals surface area contributed by atoms with Crippen LogP contribution in [0.1, 0.15) is 81.9 Å². The number of methoxy groups -OCH3 is 1. The van der Waals surface area contributed by atoms with Gasteiger partial charge in [-0.2, -0.15) is 5.10 Å². The van der Waals surface area contributed by atoms with Crippen LogP contribution in [0.3, 0.4) is 0 Å². The summed E-state index contributed by atoms with van der Waals surface area (Å²) in [5.41, 5.74) is 0.923. The van der Waals surface area contributed by atoms with Crippen LogP contribution in [0.4, 0.5) is 21.8 Å². The lowest BCUT2D eigenvalue weighted by molar-refractivity contribution is 0.228. The molecule has 3 heterocycles. The van der Waals surface area contributed by atoms with Crippen LogP contribution in [-0.4, -0.2) is 96.2 Å². The molecule has 0 spiro atoms. The Morgan fingerprint density at radius 3 is 2.04 bits per heavy atom. The number of thioether (sulfide) groups is 1. The van der Waals surface area contributed by atoms with Gasteiger partial charge < -0.3 is 19.9 Å². The summed E-state index contributed by atoms with van der Waals surface area (Å²) in [6, 6.07) is 7.18. The average Bonchev–Trinajstić information content (AvgIpc) is 3.53. The van der Waals surface area contributed by atoms with Gasteiger partial charge >= 0.3 is 0 Å². The van der Waals surface area contributed by atoms with Crippen molar-refractivity contribution in [1.29, 1.82) is 0 Å². The zero-order chi connectivity index (χ0) is 36.4. The molecule has 1 aliphatic rings. The van der Waals surface area contributed by atoms with Crippen molar-refractivity contribution in [2.45, 2.75) is 98.0 Å². The molecule has 0 aliphatic carbocycles. The molecule has 0 bridgehead atoms. The second kappa shape index (κ2) is 28.5. The number of nitrogens with zero attached hydrogens (tertiary/aromatic N) is 6. The highest BCUT2D eigenvalue weighted by Gasteiger charge is 2.25. The number of benzene rings is 1. The first-order chi connectivity index (χ1) is 22.9. The third-order valence-electron chi connectivity index (χ3n) is 5.93. The zero-order valence-electron chi connectivity index (χ0n) is 32.0. The topological polar surface area (TPSA) is 85.4 Å². The largest absolute Gasteiger partial charge is 0.490 e. The number of hydrogen-bond donors (Lipinski definition) is 2. The van der Waals surface area contributed by atoms with E-state index in [1.807, 2.05) is 88.3 Å². The van der Waals surface area contributed by atoms with Gasteiger partial charge in [0.1, 0.15) is 5.82 Å². The van der Waals surface area contributed by atoms with Crippen LogP contribution < -0.4 is 15.0 Å². The fourth-order valence-corrected chi connectivity index (χ4v) is 5.44. The lowest BCUT2D eigenvalue weighted by Crippen LogP contribution is -2.48. The minimum atomic E-state index is -0.281. The van der Waals surface area contributed by atoms with E-state index in [-0.39, 0.29) is 5.82 Å². The van der Waals surface area contributed by atoms with Crippen molar-refractivity contribution < 1.29 is 9.13 Å². The summed E-state index contributed by atoms with van der Waals surface area (Å²) in [6.45, 7) is 29.5. The SMILES string of the molecule is CC.CC.CC.CC.CC.CCSc1ccc(Sc2nc(Nc3cc(C)[nH]n3)c(OC)c(N3CCN(CCN(C)C)CC3)n2)c(F)c1. The molecule has 270 valence electrons. The van der Waals surface area contributed by atoms with Crippen molar-refractivity contribution in [3.63, 3.8) is 0 Å². The number of anilines is 3. The first-order valence-corrected chi connectivity index (χ1v) is 19.1. The summed E-state index contributed by atoms with van der Waals surface area (Å²) in [6.07, 6.45) is 0. The Morgan fingerprint density at radius 1 is 0.936 bits per heavy atom. The monoisotopic (exact) mass is 696 g/mol. The van der Waals surface area contributed by atoms with Gasteiger partial charge in [0, 0.05) is 55.9 Å². The van der Waals surface area contributed by atoms with E-state index in [0.29, 0.717) is 33.3 Å². The summed E-state index contributed by atoms with van der Waals surface area (Å²) in [7, 11) is 5.80. The normalized spacial score (nSPS) is 12.0. The quantitative estimate of drug-likeness (QED) is 0.149. The fraction of sp³-hybridized carbons (Fsp3) is 0.629. The number of hydrogen-bond acceptors (Lipinski definition) is 10. The second-order valence-corrected chi connectivity index (χ2v) is 11.4. The number of H-pyrrole nitrogens is 1. The standard InChI is InChI=1S/C25H35FN8OS2.5C2H6/c1-6-36-18-7-8-20(19(26)16-18)37-25-28-23(27-21-15-17(2)30-31-21)22(35-5)24(29-25)34-13-11-33(12-14-34)10-9-32(3)4;5*1-2/h7-8,15-16H,6,9-14H2,1-5H3,(H2,27,28,29,30,31);5*1-2H3. The van der Waals surface area contributed by atoms with Crippen molar-refractivity contribution in [3.05, 3.63) is 35.8 Å². The van der Waals surface area contributed by atoms with Gasteiger partial charge in [-0.25, -0.2) is 14.4 Å². The molecule has 12 heteroatoms. The molecule has 0 unspecified atom stereocenters. The molecule has 1 fully saturated rings. The smallest absolute Gasteiger partial charge is 0.204 e. The molecule has 4 rings (SSSR count). The maximum absolute atomic E-state index is 14.9. The Hall–Kier alpha value is -2.54. The average molecular weight is 697 g/mol. The molecule has 9 nitrogen and oxygen atoms in total. The highest BCUT2D eigenvalue weighted by atomic mass is 32.2. The van der Waals surface area contributed by atoms with E-state index in [1.54, 1.807) is 31.0 Å². The molecule has 0 atom stereocenters. The van der Waals surface area contributed by atoms with Crippen LogP contribution in [0.2, 0.25) is 0 Å². The van der Waals surface area contributed by atoms with Crippen LogP contribution in [-0.2, 0) is 0 Å². The molecule has 2 N–H and O–H groups in total. The minimum absolute atomic E-state index is 0.281. The molecule has 1 saturated heterocycles. The first-order valence-electron chi connectivity index (χ1n) is 17.3. The highest BCUT2D eigenvalue weighted by molar-refractivity contribution is 7.99. The minimum Gasteiger partial charge on any atom is -0.490 e. The van der Waals surface area contributed by atoms with Gasteiger partial charge in [0.15, 0.2) is 22.6 Å². The number of ether oxygens (including phenoxy) is 1. The third-order valence-corrected chi connectivity index (χ3v) is 7.73. The van der Waals surface area contributed by atoms with E-state index < -0.39 is 0 Å². The summed E-state index contributed by atoms with van der Waals surface area (Å²) in [5, 5.41) is 10.9. The van der Waals surface area contributed by atoms with E-state index >= 15 is 0 Å². The number of halogens is 1. The van der Waals surface area contributed by atoms with Gasteiger partial charge in [0.05, 0.1) is 12.0 Å². The van der Waals surface area contributed by atoms with Gasteiger partial charge in [-0.3, -0.25) is 10.00 Å². The van der Waals surface area contributed by atoms with Crippen molar-refractivity contribution in [3.8, 4) is 5.75 Å². The molecular formula is C35H65FN8OS2. The van der Waals surface area contributed by atoms with E-state index in [9.17, 15) is 4.39 Å². The molecule has 0 radical (unpaired) electrons. The van der Waals surface area contributed by atoms with Crippen molar-refractivity contribution in [2.75, 3.05) is 76.4 Å². The van der Waals surface area contributed by atoms with E-state index in [1.165, 1.54) is 11.8 Å². The fourth-order valence-electron chi connectivity index (χ4n) is 4.00. The highest BCUT2D eigenvalue weighted by Crippen LogP contribution is 2.39. The van der Waals surface area contributed by atoms with Crippen molar-refractivity contribution in [1.82, 2.24) is 30.0 Å². The molecule has 3 aromatic rings. The van der Waals surface area contributed by atoms with Crippen LogP contribution in [0.15, 0.2) is 39.2 Å². The number of aromatic amines is 1. The molecule has 0 amide bonds. The first kappa shape index (κ1) is 46.6. The predicted octanol–water partition coefficient (Wildman–Crippen LogP) is 9.48. The maximum atomic E-state index is 14.9. The number of piperazine rings is 1. The predicted molar refractivity (Wildman–Crippen MR) is 206 cm³/mol. The van der Waals surface area contributed by atoms with Crippen LogP contribution in [0.25, 0.3) is 0 Å². The Labute approximate surface area is 295 Å². The third kappa shape index (κ3) is 16.4. The summed E-state index contributed by atoms with van der Waals surface area (Å²) >= 11 is 2.82. The van der Waals surface area contributed by atoms with Gasteiger partial charge in [-0.1, -0.05) is 76.2 Å². The van der Waals surface area contributed by atoms with E-state index in [0.717, 1.165) is 55.6 Å². The number of likely N-dealkylation sites (N-methyl/N-ethyl adjacent to an activating group) is 1. The number of aryl methyl sites for hydroxylation is 1. The number of aromatic nitrogens is 4. The van der Waals surface area contributed by atoms with Gasteiger partial charge in [-0.15, -0.1) is 11.8 Å². The van der Waals surface area contributed by atoms with E-state index in [4.69, 9.17) is 14.7 Å². The maximum Gasteiger partial charge on any atom is 0.204 e. The molecule has 1 aromatic carbocycles. The number of rotatable bonds is 11. The molecular weight excluding hydrogens is 632 g/mol. The van der Waals surface area contributed by atoms with Gasteiger partial charge in [0.25, 0.3) is 0 Å². The van der Waals surface area contributed by atoms with E-state index in [2.05, 4.69) is 51.2 Å². The Balaban J connectivity index is 0. The summed E-state index contributed by atoms with van der Waals surface area (Å²) in [4.78, 5) is 17.8. The van der Waals surface area contributed by atoms with Gasteiger partial charge in [0.2, 0.25) is 5.75 Å². The zero-order valence-corrected chi connectivity index (χ0v) is 33.7. The Morgan fingerprint density at radius 2 is 1.55 bits per heavy atom. The van der Waals surface area contributed by atoms with Crippen LogP contribution in [0.5, 0.6) is 5.75 Å². The molecule has 1 aliphatic heterocycles. The van der Waals surface area contributed by atoms with Crippen LogP contribution >= 0.6 is 23.5 Å². The molecule has 2 aromatic heterocycles.